The van der Waals surface area contributed by atoms with Crippen LogP contribution >= 0.6 is 23.5 Å². The Balaban J connectivity index is 1.31. The number of carbonyl (C=O) groups excluding carboxylic acids is 3. The standard InChI is InChI=1S/C40H42O5S2/c1-5-9-12-27(8-4)40(43)45-29-19-23-31(24-20-29)47-35-16-11-14-33-37(35)39(42)32-13-10-15-34(36(32)38(33)41)46-30-21-17-28(18-22-30)44-25-26(6-2)7-3/h10-11,13-24,26-27H,5-9,12,25H2,1-4H3. The zero-order chi connectivity index (χ0) is 33.3. The molecule has 4 aromatic rings. The van der Waals surface area contributed by atoms with E-state index in [4.69, 9.17) is 9.47 Å². The Labute approximate surface area is 286 Å². The van der Waals surface area contributed by atoms with Crippen molar-refractivity contribution in [2.24, 2.45) is 11.8 Å². The van der Waals surface area contributed by atoms with E-state index < -0.39 is 0 Å². The molecule has 0 N–H and O–H groups in total. The van der Waals surface area contributed by atoms with Gasteiger partial charge in [0.2, 0.25) is 0 Å². The Bertz CT molecular complexity index is 1710. The predicted molar refractivity (Wildman–Crippen MR) is 189 cm³/mol. The van der Waals surface area contributed by atoms with Crippen molar-refractivity contribution in [1.82, 2.24) is 0 Å². The molecule has 0 saturated carbocycles. The van der Waals surface area contributed by atoms with Crippen LogP contribution in [0.2, 0.25) is 0 Å². The number of ketones is 2. The third-order valence-electron chi connectivity index (χ3n) is 8.69. The molecule has 1 aliphatic carbocycles. The quantitative estimate of drug-likeness (QED) is 0.0813. The third kappa shape index (κ3) is 8.20. The lowest BCUT2D eigenvalue weighted by Gasteiger charge is -2.22. The number of esters is 1. The maximum absolute atomic E-state index is 14.0. The first-order chi connectivity index (χ1) is 22.9. The first-order valence-corrected chi connectivity index (χ1v) is 18.3. The van der Waals surface area contributed by atoms with Crippen molar-refractivity contribution in [2.75, 3.05) is 6.61 Å². The second kappa shape index (κ2) is 16.3. The minimum Gasteiger partial charge on any atom is -0.493 e. The van der Waals surface area contributed by atoms with Crippen molar-refractivity contribution >= 4 is 41.1 Å². The van der Waals surface area contributed by atoms with Crippen LogP contribution in [0.1, 0.15) is 98.1 Å². The van der Waals surface area contributed by atoms with Crippen molar-refractivity contribution in [2.45, 2.75) is 85.8 Å². The number of ether oxygens (including phenoxy) is 2. The average Bonchev–Trinajstić information content (AvgIpc) is 3.09. The van der Waals surface area contributed by atoms with E-state index in [2.05, 4.69) is 20.8 Å². The lowest BCUT2D eigenvalue weighted by Crippen LogP contribution is -2.22. The molecule has 0 amide bonds. The lowest BCUT2D eigenvalue weighted by atomic mass is 9.84. The highest BCUT2D eigenvalue weighted by molar-refractivity contribution is 7.99. The Hall–Kier alpha value is -3.81. The molecule has 0 saturated heterocycles. The Morgan fingerprint density at radius 3 is 1.64 bits per heavy atom. The van der Waals surface area contributed by atoms with Crippen molar-refractivity contribution in [3.63, 3.8) is 0 Å². The van der Waals surface area contributed by atoms with Crippen LogP contribution < -0.4 is 9.47 Å². The number of fused-ring (bicyclic) bond motifs is 2. The monoisotopic (exact) mass is 666 g/mol. The van der Waals surface area contributed by atoms with Crippen LogP contribution in [0.5, 0.6) is 11.5 Å². The number of rotatable bonds is 15. The van der Waals surface area contributed by atoms with Crippen molar-refractivity contribution in [1.29, 1.82) is 0 Å². The summed E-state index contributed by atoms with van der Waals surface area (Å²) in [7, 11) is 0. The molecule has 0 bridgehead atoms. The van der Waals surface area contributed by atoms with E-state index in [0.717, 1.165) is 59.0 Å². The molecule has 4 aromatic carbocycles. The van der Waals surface area contributed by atoms with Gasteiger partial charge in [-0.2, -0.15) is 0 Å². The first kappa shape index (κ1) is 34.5. The zero-order valence-corrected chi connectivity index (χ0v) is 29.2. The molecule has 5 rings (SSSR count). The number of carbonyl (C=O) groups is 3. The average molecular weight is 667 g/mol. The summed E-state index contributed by atoms with van der Waals surface area (Å²) in [5.74, 6) is 1.25. The largest absolute Gasteiger partial charge is 0.493 e. The van der Waals surface area contributed by atoms with E-state index in [1.807, 2.05) is 67.6 Å². The van der Waals surface area contributed by atoms with Gasteiger partial charge in [0.15, 0.2) is 11.6 Å². The highest BCUT2D eigenvalue weighted by Gasteiger charge is 2.33. The molecular formula is C40H42O5S2. The highest BCUT2D eigenvalue weighted by Crippen LogP contribution is 2.41. The molecule has 5 nitrogen and oxygen atoms in total. The van der Waals surface area contributed by atoms with Gasteiger partial charge in [0.1, 0.15) is 11.5 Å². The third-order valence-corrected chi connectivity index (χ3v) is 10.8. The van der Waals surface area contributed by atoms with E-state index in [1.165, 1.54) is 23.5 Å². The van der Waals surface area contributed by atoms with Crippen molar-refractivity contribution in [3.05, 3.63) is 107 Å². The number of unbranched alkanes of at least 4 members (excludes halogenated alkanes) is 1. The molecular weight excluding hydrogens is 625 g/mol. The van der Waals surface area contributed by atoms with Crippen LogP contribution in [0, 0.1) is 11.8 Å². The van der Waals surface area contributed by atoms with Crippen LogP contribution in [0.15, 0.2) is 105 Å². The number of hydrogen-bond acceptors (Lipinski definition) is 7. The Morgan fingerprint density at radius 2 is 1.17 bits per heavy atom. The molecule has 1 atom stereocenters. The molecule has 1 aliphatic rings. The van der Waals surface area contributed by atoms with Gasteiger partial charge in [-0.3, -0.25) is 14.4 Å². The van der Waals surface area contributed by atoms with Gasteiger partial charge in [-0.05, 0) is 79.4 Å². The fourth-order valence-corrected chi connectivity index (χ4v) is 7.61. The summed E-state index contributed by atoms with van der Waals surface area (Å²) in [6, 6.07) is 26.1. The maximum atomic E-state index is 14.0. The summed E-state index contributed by atoms with van der Waals surface area (Å²) in [5, 5.41) is 0. The van der Waals surface area contributed by atoms with Gasteiger partial charge in [0.05, 0.1) is 12.5 Å². The van der Waals surface area contributed by atoms with Gasteiger partial charge in [0.25, 0.3) is 0 Å². The van der Waals surface area contributed by atoms with E-state index in [0.29, 0.717) is 45.4 Å². The second-order valence-electron chi connectivity index (χ2n) is 11.8. The van der Waals surface area contributed by atoms with Crippen LogP contribution in [-0.4, -0.2) is 24.1 Å². The number of benzene rings is 4. The van der Waals surface area contributed by atoms with Crippen LogP contribution in [-0.2, 0) is 4.79 Å². The second-order valence-corrected chi connectivity index (χ2v) is 14.1. The van der Waals surface area contributed by atoms with Gasteiger partial charge >= 0.3 is 5.97 Å². The summed E-state index contributed by atoms with van der Waals surface area (Å²) in [6.45, 7) is 9.18. The fraction of sp³-hybridized carbons (Fsp3) is 0.325. The molecule has 244 valence electrons. The number of hydrogen-bond donors (Lipinski definition) is 0. The van der Waals surface area contributed by atoms with Gasteiger partial charge in [-0.15, -0.1) is 0 Å². The van der Waals surface area contributed by atoms with Gasteiger partial charge in [0, 0.05) is 41.8 Å². The SMILES string of the molecule is CCCCC(CC)C(=O)Oc1ccc(Sc2cccc3c2C(=O)c2cccc(Sc4ccc(OCC(CC)CC)cc4)c2C3=O)cc1. The van der Waals surface area contributed by atoms with Gasteiger partial charge in [-0.25, -0.2) is 0 Å². The minimum absolute atomic E-state index is 0.102. The van der Waals surface area contributed by atoms with Gasteiger partial charge < -0.3 is 9.47 Å². The molecule has 1 unspecified atom stereocenters. The molecule has 0 heterocycles. The van der Waals surface area contributed by atoms with Crippen LogP contribution in [0.3, 0.4) is 0 Å². The molecule has 0 fully saturated rings. The normalized spacial score (nSPS) is 12.9. The summed E-state index contributed by atoms with van der Waals surface area (Å²) < 4.78 is 11.6. The van der Waals surface area contributed by atoms with Crippen molar-refractivity contribution < 1.29 is 23.9 Å². The van der Waals surface area contributed by atoms with E-state index >= 15 is 0 Å². The van der Waals surface area contributed by atoms with E-state index in [9.17, 15) is 14.4 Å². The lowest BCUT2D eigenvalue weighted by molar-refractivity contribution is -0.139. The fourth-order valence-electron chi connectivity index (χ4n) is 5.66. The molecule has 47 heavy (non-hydrogen) atoms. The Morgan fingerprint density at radius 1 is 0.660 bits per heavy atom. The smallest absolute Gasteiger partial charge is 0.314 e. The molecule has 0 aromatic heterocycles. The summed E-state index contributed by atoms with van der Waals surface area (Å²) in [6.07, 6.45) is 5.80. The minimum atomic E-state index is -0.197. The van der Waals surface area contributed by atoms with Crippen LogP contribution in [0.25, 0.3) is 0 Å². The molecule has 0 spiro atoms. The summed E-state index contributed by atoms with van der Waals surface area (Å²) in [5.41, 5.74) is 1.70. The highest BCUT2D eigenvalue weighted by atomic mass is 32.2. The van der Waals surface area contributed by atoms with E-state index in [-0.39, 0.29) is 23.5 Å². The van der Waals surface area contributed by atoms with E-state index in [1.54, 1.807) is 24.3 Å². The predicted octanol–water partition coefficient (Wildman–Crippen LogP) is 10.7. The Kier molecular flexibility index (Phi) is 12.0. The zero-order valence-electron chi connectivity index (χ0n) is 27.5. The van der Waals surface area contributed by atoms with Crippen molar-refractivity contribution in [3.8, 4) is 11.5 Å². The van der Waals surface area contributed by atoms with Crippen LogP contribution in [0.4, 0.5) is 0 Å². The molecule has 0 radical (unpaired) electrons. The first-order valence-electron chi connectivity index (χ1n) is 16.6. The summed E-state index contributed by atoms with van der Waals surface area (Å²) >= 11 is 2.89. The maximum Gasteiger partial charge on any atom is 0.314 e. The van der Waals surface area contributed by atoms with Gasteiger partial charge in [-0.1, -0.05) is 101 Å². The topological polar surface area (TPSA) is 69.7 Å². The molecule has 0 aliphatic heterocycles. The summed E-state index contributed by atoms with van der Waals surface area (Å²) in [4.78, 5) is 43.9. The molecule has 7 heteroatoms.